The zero-order chi connectivity index (χ0) is 49.1. The molecule has 2 unspecified atom stereocenters. The van der Waals surface area contributed by atoms with Crippen LogP contribution in [0.4, 0.5) is 0 Å². The maximum absolute atomic E-state index is 6.77. The molecule has 330 valence electrons. The number of hydrogen-bond acceptors (Lipinski definition) is 6. The molecule has 0 fully saturated rings. The normalized spacial score (nSPS) is 15.3. The Bertz CT molecular complexity index is 3910. The fraction of sp³-hybridized carbons (Fsp3) is 0.0566. The third kappa shape index (κ3) is 6.81. The largest absolute Gasteiger partial charge is 0.496 e. The summed E-state index contributed by atoms with van der Waals surface area (Å²) in [4.78, 5) is 21.8. The van der Waals surface area contributed by atoms with Gasteiger partial charge in [-0.1, -0.05) is 107 Å². The Hall–Kier alpha value is -7.45. The monoisotopic (exact) mass is 908 g/mol. The Balaban J connectivity index is 1.08. The lowest BCUT2D eigenvalue weighted by Gasteiger charge is -2.22. The van der Waals surface area contributed by atoms with Crippen molar-refractivity contribution in [1.82, 2.24) is 24.1 Å². The zero-order valence-electron chi connectivity index (χ0n) is 42.3. The number of rotatable bonds is 7. The molecule has 3 aromatic heterocycles. The number of para-hydroxylation sites is 3. The van der Waals surface area contributed by atoms with E-state index in [0.29, 0.717) is 23.5 Å². The first-order valence-electron chi connectivity index (χ1n) is 24.6. The predicted molar refractivity (Wildman–Crippen MR) is 327 cm³/mol. The summed E-state index contributed by atoms with van der Waals surface area (Å²) in [6.45, 7) is 0. The van der Waals surface area contributed by atoms with Crippen LogP contribution in [0.3, 0.4) is 0 Å². The van der Waals surface area contributed by atoms with E-state index in [9.17, 15) is 0 Å². The highest BCUT2D eigenvalue weighted by Gasteiger charge is 2.33. The van der Waals surface area contributed by atoms with Gasteiger partial charge in [-0.15, -0.1) is 32.8 Å². The molecule has 71 heavy (non-hydrogen) atoms. The number of benzene rings is 7. The van der Waals surface area contributed by atoms with Gasteiger partial charge in [0.05, 0.1) is 29.2 Å². The van der Waals surface area contributed by atoms with E-state index in [1.165, 1.54) is 54.6 Å². The first-order valence-corrected chi connectivity index (χ1v) is 24.6. The van der Waals surface area contributed by atoms with Crippen molar-refractivity contribution in [2.45, 2.75) is 12.1 Å². The minimum Gasteiger partial charge on any atom is -0.496 e. The van der Waals surface area contributed by atoms with Crippen LogP contribution in [0.25, 0.3) is 89.2 Å². The average molecular weight is 907 g/mol. The van der Waals surface area contributed by atoms with Gasteiger partial charge in [0, 0.05) is 49.5 Å². The van der Waals surface area contributed by atoms with E-state index in [-0.39, 0.29) is 12.1 Å². The van der Waals surface area contributed by atoms with Crippen molar-refractivity contribution in [2.24, 2.45) is 4.99 Å². The zero-order valence-corrected chi connectivity index (χ0v) is 42.3. The Labute approximate surface area is 422 Å². The molecule has 10 aromatic rings. The predicted octanol–water partition coefficient (Wildman–Crippen LogP) is -5.70. The van der Waals surface area contributed by atoms with Crippen LogP contribution < -0.4 is 59.4 Å². The minimum absolute atomic E-state index is 0.161. The quantitative estimate of drug-likeness (QED) is 0.149. The highest BCUT2D eigenvalue weighted by atomic mass is 16.5. The summed E-state index contributed by atoms with van der Waals surface area (Å²) < 4.78 is 17.1. The van der Waals surface area contributed by atoms with Gasteiger partial charge in [-0.3, -0.25) is 4.57 Å². The second-order valence-corrected chi connectivity index (χ2v) is 19.6. The molecule has 0 saturated heterocycles. The van der Waals surface area contributed by atoms with Crippen molar-refractivity contribution < 1.29 is 9.47 Å². The highest BCUT2D eigenvalue weighted by molar-refractivity contribution is 6.70. The molecule has 7 aromatic carbocycles. The van der Waals surface area contributed by atoms with Crippen LogP contribution >= 0.6 is 0 Å². The van der Waals surface area contributed by atoms with Crippen LogP contribution in [-0.2, 0) is 4.74 Å². The fourth-order valence-corrected chi connectivity index (χ4v) is 11.4. The van der Waals surface area contributed by atoms with Crippen molar-refractivity contribution in [3.05, 3.63) is 133 Å². The molecule has 2 atom stereocenters. The van der Waals surface area contributed by atoms with E-state index in [1.54, 1.807) is 7.11 Å². The van der Waals surface area contributed by atoms with Crippen LogP contribution in [0.15, 0.2) is 132 Å². The first-order chi connectivity index (χ1) is 34.3. The number of aromatic nitrogens is 5. The molecule has 0 bridgehead atoms. The number of ether oxygens (including phenoxy) is 2. The number of nitrogens with zero attached hydrogens (tertiary/aromatic N) is 6. The molecule has 12 rings (SSSR count). The SMILES string of the molecule is Bc1c(B)c(B)c(-c2nc(-c3c(B)c(B)c(B)c(B)c3B)nc(-n3c4ccccc4c4ccc5c6ccccc6n(C6=CC7OC(c8ccc(-c9ccccc9OC)cc8)=NC7C=C6)c5c43)n2)c(B)c1B. The maximum Gasteiger partial charge on any atom is 0.238 e. The molecule has 0 spiro atoms. The van der Waals surface area contributed by atoms with E-state index in [1.807, 2.05) is 18.2 Å². The number of methoxy groups -OCH3 is 1. The summed E-state index contributed by atoms with van der Waals surface area (Å²) in [7, 11) is 23.9. The summed E-state index contributed by atoms with van der Waals surface area (Å²) in [5.41, 5.74) is 22.7. The molecule has 0 amide bonds. The molecule has 0 radical (unpaired) electrons. The van der Waals surface area contributed by atoms with Crippen molar-refractivity contribution >= 4 is 188 Å². The summed E-state index contributed by atoms with van der Waals surface area (Å²) >= 11 is 0. The molecular weight excluding hydrogens is 861 g/mol. The van der Waals surface area contributed by atoms with E-state index in [4.69, 9.17) is 29.4 Å². The van der Waals surface area contributed by atoms with Gasteiger partial charge in [0.2, 0.25) is 11.8 Å². The van der Waals surface area contributed by atoms with Gasteiger partial charge in [0.25, 0.3) is 0 Å². The van der Waals surface area contributed by atoms with Crippen LogP contribution in [0.1, 0.15) is 5.56 Å². The number of hydrogen-bond donors (Lipinski definition) is 0. The van der Waals surface area contributed by atoms with Gasteiger partial charge in [-0.05, 0) is 48.0 Å². The Morgan fingerprint density at radius 3 is 1.54 bits per heavy atom. The Morgan fingerprint density at radius 1 is 0.493 bits per heavy atom. The molecule has 4 heterocycles. The molecule has 1 aliphatic heterocycles. The van der Waals surface area contributed by atoms with Gasteiger partial charge in [0.1, 0.15) is 96.4 Å². The van der Waals surface area contributed by atoms with E-state index in [0.717, 1.165) is 82.9 Å². The Kier molecular flexibility index (Phi) is 10.6. The Morgan fingerprint density at radius 2 is 0.972 bits per heavy atom. The average Bonchev–Trinajstić information content (AvgIpc) is 4.09. The number of fused-ring (bicyclic) bond motifs is 8. The lowest BCUT2D eigenvalue weighted by Crippen LogP contribution is -2.55. The van der Waals surface area contributed by atoms with Gasteiger partial charge in [0.15, 0.2) is 11.6 Å². The van der Waals surface area contributed by atoms with Gasteiger partial charge < -0.3 is 14.0 Å². The molecule has 18 heteroatoms. The second-order valence-electron chi connectivity index (χ2n) is 19.6. The fourth-order valence-electron chi connectivity index (χ4n) is 11.4. The minimum atomic E-state index is -0.297. The van der Waals surface area contributed by atoms with Crippen LogP contribution in [-0.4, -0.2) is 128 Å². The van der Waals surface area contributed by atoms with Gasteiger partial charge in [-0.2, -0.15) is 9.97 Å². The topological polar surface area (TPSA) is 79.4 Å². The van der Waals surface area contributed by atoms with E-state index >= 15 is 0 Å². The lowest BCUT2D eigenvalue weighted by atomic mass is 9.60. The second kappa shape index (κ2) is 16.9. The molecular formula is C53H46B10N6O2. The third-order valence-electron chi connectivity index (χ3n) is 16.2. The van der Waals surface area contributed by atoms with E-state index in [2.05, 4.69) is 197 Å². The van der Waals surface area contributed by atoms with Gasteiger partial charge >= 0.3 is 0 Å². The molecule has 8 nitrogen and oxygen atoms in total. The third-order valence-corrected chi connectivity index (χ3v) is 16.2. The van der Waals surface area contributed by atoms with Gasteiger partial charge in [-0.25, -0.2) is 9.98 Å². The van der Waals surface area contributed by atoms with Crippen molar-refractivity contribution in [3.8, 4) is 45.6 Å². The maximum atomic E-state index is 6.77. The molecule has 2 aliphatic rings. The molecule has 1 aliphatic carbocycles. The van der Waals surface area contributed by atoms with Crippen molar-refractivity contribution in [2.75, 3.05) is 7.11 Å². The summed E-state index contributed by atoms with van der Waals surface area (Å²) in [6.07, 6.45) is 6.33. The molecule has 0 N–H and O–H groups in total. The van der Waals surface area contributed by atoms with Crippen molar-refractivity contribution in [3.63, 3.8) is 0 Å². The van der Waals surface area contributed by atoms with Crippen LogP contribution in [0.5, 0.6) is 5.75 Å². The number of aliphatic imine (C=N–C) groups is 1. The summed E-state index contributed by atoms with van der Waals surface area (Å²) in [5.74, 6) is 3.39. The summed E-state index contributed by atoms with van der Waals surface area (Å²) in [5, 5.41) is 4.52. The van der Waals surface area contributed by atoms with E-state index < -0.39 is 0 Å². The van der Waals surface area contributed by atoms with Crippen LogP contribution in [0, 0.1) is 0 Å². The smallest absolute Gasteiger partial charge is 0.238 e. The standard InChI is InChI=1S/C53H46B10N6O2/c1-70-34-13-7-4-8-26(34)23-14-16-24(17-15-23)52-64-31-21-18-25(22-35(31)71-52)68-32-11-5-2-9-27(32)29-19-20-30-28-10-3-6-12-33(28)69(49(30)48(29)68)53-66-50(36-38(54)42(58)46(62)43(59)39(36)55)65-51(67-53)37-40(56)44(60)47(63)45(61)41(37)57/h2-22,31,35H,54-63H2,1H3. The highest BCUT2D eigenvalue weighted by Crippen LogP contribution is 2.42. The molecule has 0 saturated carbocycles. The first kappa shape index (κ1) is 44.7. The number of allylic oxidation sites excluding steroid dienone is 2. The van der Waals surface area contributed by atoms with Crippen molar-refractivity contribution in [1.29, 1.82) is 0 Å². The van der Waals surface area contributed by atoms with Crippen LogP contribution in [0.2, 0.25) is 0 Å². The lowest BCUT2D eigenvalue weighted by molar-refractivity contribution is 0.255. The summed E-state index contributed by atoms with van der Waals surface area (Å²) in [6, 6.07) is 38.2.